The lowest BCUT2D eigenvalue weighted by molar-refractivity contribution is -0.386. The molecule has 0 heterocycles. The lowest BCUT2D eigenvalue weighted by atomic mass is 10.1. The zero-order valence-corrected chi connectivity index (χ0v) is 7.20. The third kappa shape index (κ3) is 1.44. The largest absolute Gasteiger partial charge is 0.275 e. The summed E-state index contributed by atoms with van der Waals surface area (Å²) in [5.74, 6) is 0. The Kier molecular flexibility index (Phi) is 2.43. The van der Waals surface area contributed by atoms with Crippen molar-refractivity contribution in [2.45, 2.75) is 20.3 Å². The summed E-state index contributed by atoms with van der Waals surface area (Å²) in [5, 5.41) is 10.6. The second kappa shape index (κ2) is 3.34. The van der Waals surface area contributed by atoms with Crippen LogP contribution in [0, 0.1) is 17.0 Å². The molecule has 0 aliphatic heterocycles. The Morgan fingerprint density at radius 3 is 2.58 bits per heavy atom. The van der Waals surface area contributed by atoms with Gasteiger partial charge in [0.05, 0.1) is 4.92 Å². The van der Waals surface area contributed by atoms with Crippen molar-refractivity contribution in [2.75, 3.05) is 0 Å². The molecule has 12 heavy (non-hydrogen) atoms. The highest BCUT2D eigenvalue weighted by atomic mass is 16.6. The van der Waals surface area contributed by atoms with Crippen LogP contribution in [0.3, 0.4) is 0 Å². The van der Waals surface area contributed by atoms with Crippen LogP contribution >= 0.6 is 0 Å². The third-order valence-electron chi connectivity index (χ3n) is 1.88. The van der Waals surface area contributed by atoms with Crippen LogP contribution in [0.4, 0.5) is 5.69 Å². The maximum Gasteiger partial charge on any atom is 0.275 e. The van der Waals surface area contributed by atoms with Crippen LogP contribution in [-0.2, 0) is 6.42 Å². The molecule has 0 aliphatic carbocycles. The van der Waals surface area contributed by atoms with Gasteiger partial charge < -0.3 is 0 Å². The van der Waals surface area contributed by atoms with Crippen LogP contribution in [-0.4, -0.2) is 4.92 Å². The summed E-state index contributed by atoms with van der Waals surface area (Å²) in [7, 11) is 0. The van der Waals surface area contributed by atoms with Gasteiger partial charge in [0.15, 0.2) is 0 Å². The highest BCUT2D eigenvalue weighted by molar-refractivity contribution is 5.46. The van der Waals surface area contributed by atoms with E-state index in [4.69, 9.17) is 0 Å². The number of para-hydroxylation sites is 1. The maximum atomic E-state index is 10.6. The summed E-state index contributed by atoms with van der Waals surface area (Å²) in [6.45, 7) is 3.68. The first-order valence-electron chi connectivity index (χ1n) is 3.89. The summed E-state index contributed by atoms with van der Waals surface area (Å²) in [6.07, 6.45) is 0.706. The van der Waals surface area contributed by atoms with Gasteiger partial charge >= 0.3 is 0 Å². The van der Waals surface area contributed by atoms with E-state index in [0.717, 1.165) is 11.1 Å². The smallest absolute Gasteiger partial charge is 0.258 e. The summed E-state index contributed by atoms with van der Waals surface area (Å²) in [5.41, 5.74) is 1.80. The van der Waals surface area contributed by atoms with Crippen molar-refractivity contribution in [3.05, 3.63) is 39.4 Å². The van der Waals surface area contributed by atoms with Crippen LogP contribution in [0.15, 0.2) is 18.2 Å². The van der Waals surface area contributed by atoms with E-state index in [1.807, 2.05) is 13.0 Å². The number of aryl methyl sites for hydroxylation is 2. The van der Waals surface area contributed by atoms with Crippen molar-refractivity contribution in [3.63, 3.8) is 0 Å². The molecule has 0 radical (unpaired) electrons. The molecule has 3 nitrogen and oxygen atoms in total. The van der Waals surface area contributed by atoms with Crippen LogP contribution in [0.2, 0.25) is 0 Å². The molecular weight excluding hydrogens is 154 g/mol. The van der Waals surface area contributed by atoms with E-state index in [-0.39, 0.29) is 10.6 Å². The molecule has 3 heteroatoms. The zero-order valence-electron chi connectivity index (χ0n) is 7.20. The highest BCUT2D eigenvalue weighted by Crippen LogP contribution is 2.22. The molecule has 0 aliphatic rings. The first kappa shape index (κ1) is 8.71. The van der Waals surface area contributed by atoms with E-state index in [2.05, 4.69) is 0 Å². The van der Waals surface area contributed by atoms with Gasteiger partial charge in [-0.25, -0.2) is 0 Å². The Balaban J connectivity index is 3.29. The molecule has 0 atom stereocenters. The molecule has 0 spiro atoms. The minimum absolute atomic E-state index is 0.264. The van der Waals surface area contributed by atoms with Crippen molar-refractivity contribution < 1.29 is 4.92 Å². The van der Waals surface area contributed by atoms with Crippen LogP contribution in [0.25, 0.3) is 0 Å². The number of rotatable bonds is 2. The normalized spacial score (nSPS) is 9.83. The Labute approximate surface area is 71.2 Å². The van der Waals surface area contributed by atoms with Crippen LogP contribution in [0.1, 0.15) is 18.1 Å². The SMILES string of the molecule is CCc1cccc(C)c1[N+](=O)[O-]. The Hall–Kier alpha value is -1.38. The van der Waals surface area contributed by atoms with Gasteiger partial charge in [0.1, 0.15) is 0 Å². The highest BCUT2D eigenvalue weighted by Gasteiger charge is 2.14. The summed E-state index contributed by atoms with van der Waals surface area (Å²) in [6, 6.07) is 5.41. The minimum atomic E-state index is -0.311. The molecule has 64 valence electrons. The van der Waals surface area contributed by atoms with E-state index in [0.29, 0.717) is 6.42 Å². The van der Waals surface area contributed by atoms with Gasteiger partial charge in [-0.15, -0.1) is 0 Å². The first-order chi connectivity index (χ1) is 5.66. The lowest BCUT2D eigenvalue weighted by Gasteiger charge is -2.01. The molecule has 1 aromatic carbocycles. The molecule has 0 saturated carbocycles. The topological polar surface area (TPSA) is 43.1 Å². The molecule has 0 amide bonds. The minimum Gasteiger partial charge on any atom is -0.258 e. The van der Waals surface area contributed by atoms with Crippen molar-refractivity contribution in [3.8, 4) is 0 Å². The number of benzene rings is 1. The van der Waals surface area contributed by atoms with Gasteiger partial charge in [-0.2, -0.15) is 0 Å². The maximum absolute atomic E-state index is 10.6. The molecule has 0 bridgehead atoms. The monoisotopic (exact) mass is 165 g/mol. The van der Waals surface area contributed by atoms with Crippen LogP contribution < -0.4 is 0 Å². The van der Waals surface area contributed by atoms with Gasteiger partial charge in [0.25, 0.3) is 5.69 Å². The molecule has 0 saturated heterocycles. The first-order valence-corrected chi connectivity index (χ1v) is 3.89. The van der Waals surface area contributed by atoms with E-state index in [1.165, 1.54) is 0 Å². The van der Waals surface area contributed by atoms with Gasteiger partial charge in [-0.05, 0) is 13.3 Å². The Bertz CT molecular complexity index is 307. The predicted molar refractivity (Wildman–Crippen MR) is 47.2 cm³/mol. The van der Waals surface area contributed by atoms with Crippen molar-refractivity contribution in [2.24, 2.45) is 0 Å². The van der Waals surface area contributed by atoms with Gasteiger partial charge in [-0.3, -0.25) is 10.1 Å². The summed E-state index contributed by atoms with van der Waals surface area (Å²) in [4.78, 5) is 10.3. The number of nitrogens with zero attached hydrogens (tertiary/aromatic N) is 1. The number of hydrogen-bond donors (Lipinski definition) is 0. The molecular formula is C9H11NO2. The Morgan fingerprint density at radius 2 is 2.17 bits per heavy atom. The van der Waals surface area contributed by atoms with Gasteiger partial charge in [0.2, 0.25) is 0 Å². The number of nitro benzene ring substituents is 1. The second-order valence-electron chi connectivity index (χ2n) is 2.69. The fraction of sp³-hybridized carbons (Fsp3) is 0.333. The van der Waals surface area contributed by atoms with Crippen molar-refractivity contribution >= 4 is 5.69 Å². The average Bonchev–Trinajstić information content (AvgIpc) is 2.03. The van der Waals surface area contributed by atoms with E-state index < -0.39 is 0 Å². The molecule has 0 fully saturated rings. The number of hydrogen-bond acceptors (Lipinski definition) is 2. The predicted octanol–water partition coefficient (Wildman–Crippen LogP) is 2.47. The van der Waals surface area contributed by atoms with E-state index >= 15 is 0 Å². The van der Waals surface area contributed by atoms with Crippen molar-refractivity contribution in [1.29, 1.82) is 0 Å². The van der Waals surface area contributed by atoms with E-state index in [1.54, 1.807) is 19.1 Å². The van der Waals surface area contributed by atoms with Crippen molar-refractivity contribution in [1.82, 2.24) is 0 Å². The molecule has 0 N–H and O–H groups in total. The van der Waals surface area contributed by atoms with E-state index in [9.17, 15) is 10.1 Å². The fourth-order valence-electron chi connectivity index (χ4n) is 1.27. The number of nitro groups is 1. The standard InChI is InChI=1S/C9H11NO2/c1-3-8-6-4-5-7(2)9(8)10(11)12/h4-6H,3H2,1-2H3. The molecule has 0 aromatic heterocycles. The van der Waals surface area contributed by atoms with Gasteiger partial charge in [0, 0.05) is 11.1 Å². The van der Waals surface area contributed by atoms with Crippen LogP contribution in [0.5, 0.6) is 0 Å². The molecule has 1 aromatic rings. The summed E-state index contributed by atoms with van der Waals surface area (Å²) >= 11 is 0. The third-order valence-corrected chi connectivity index (χ3v) is 1.88. The quantitative estimate of drug-likeness (QED) is 0.499. The zero-order chi connectivity index (χ0) is 9.14. The lowest BCUT2D eigenvalue weighted by Crippen LogP contribution is -1.96. The molecule has 1 rings (SSSR count). The average molecular weight is 165 g/mol. The Morgan fingerprint density at radius 1 is 1.50 bits per heavy atom. The second-order valence-corrected chi connectivity index (χ2v) is 2.69. The molecule has 0 unspecified atom stereocenters. The van der Waals surface area contributed by atoms with Gasteiger partial charge in [-0.1, -0.05) is 25.1 Å². The fourth-order valence-corrected chi connectivity index (χ4v) is 1.27. The summed E-state index contributed by atoms with van der Waals surface area (Å²) < 4.78 is 0.